The van der Waals surface area contributed by atoms with Crippen LogP contribution in [0.4, 0.5) is 5.69 Å². The molecule has 2 rings (SSSR count). The van der Waals surface area contributed by atoms with Crippen molar-refractivity contribution in [3.05, 3.63) is 45.0 Å². The minimum atomic E-state index is -0.424. The summed E-state index contributed by atoms with van der Waals surface area (Å²) in [4.78, 5) is 28.3. The van der Waals surface area contributed by atoms with Gasteiger partial charge >= 0.3 is 0 Å². The lowest BCUT2D eigenvalue weighted by Crippen LogP contribution is -2.39. The highest BCUT2D eigenvalue weighted by molar-refractivity contribution is 5.81. The molecule has 0 amide bonds. The molecule has 2 aromatic rings. The normalized spacial score (nSPS) is 10.5. The lowest BCUT2D eigenvalue weighted by atomic mass is 10.00. The van der Waals surface area contributed by atoms with Crippen molar-refractivity contribution >= 4 is 5.69 Å². The van der Waals surface area contributed by atoms with Gasteiger partial charge < -0.3 is 4.90 Å². The van der Waals surface area contributed by atoms with Crippen LogP contribution in [-0.4, -0.2) is 19.1 Å². The average molecular weight is 202 g/mol. The lowest BCUT2D eigenvalue weighted by Gasteiger charge is -2.17. The molecule has 0 saturated heterocycles. The first-order chi connectivity index (χ1) is 7.13. The number of nitrogens with zero attached hydrogens (tertiary/aromatic N) is 2. The minimum absolute atomic E-state index is 0.418. The maximum absolute atomic E-state index is 11.4. The smallest absolute Gasteiger partial charge is 0.250 e. The molecule has 0 atom stereocenters. The van der Waals surface area contributed by atoms with Crippen molar-refractivity contribution in [3.8, 4) is 11.1 Å². The second-order valence-corrected chi connectivity index (χ2v) is 3.52. The zero-order chi connectivity index (χ0) is 11.0. The van der Waals surface area contributed by atoms with Gasteiger partial charge in [0, 0.05) is 32.1 Å². The predicted octanol–water partition coefficient (Wildman–Crippen LogP) is 0.411. The summed E-state index contributed by atoms with van der Waals surface area (Å²) < 4.78 is 0. The van der Waals surface area contributed by atoms with Crippen molar-refractivity contribution in [2.75, 3.05) is 19.0 Å². The van der Waals surface area contributed by atoms with Crippen LogP contribution in [0.2, 0.25) is 0 Å². The molecule has 0 aliphatic heterocycles. The molecular formula is C11H10N2O2. The summed E-state index contributed by atoms with van der Waals surface area (Å²) >= 11 is 0. The number of anilines is 1. The standard InChI is InChI=1S/C11H10N2O2/c1-13(2)9-8(10(14)11(9)15)7-4-3-5-12-6-7/h3-6H,1-2H3. The number of pyridine rings is 1. The fourth-order valence-electron chi connectivity index (χ4n) is 1.58. The number of aromatic nitrogens is 1. The Morgan fingerprint density at radius 2 is 1.93 bits per heavy atom. The Hall–Kier alpha value is -1.97. The topological polar surface area (TPSA) is 50.3 Å². The summed E-state index contributed by atoms with van der Waals surface area (Å²) in [7, 11) is 3.49. The van der Waals surface area contributed by atoms with E-state index in [1.54, 1.807) is 43.5 Å². The Morgan fingerprint density at radius 3 is 2.47 bits per heavy atom. The van der Waals surface area contributed by atoms with Gasteiger partial charge in [-0.1, -0.05) is 6.07 Å². The number of hydrogen-bond donors (Lipinski definition) is 0. The van der Waals surface area contributed by atoms with Gasteiger partial charge in [0.2, 0.25) is 10.9 Å². The quantitative estimate of drug-likeness (QED) is 0.662. The minimum Gasteiger partial charge on any atom is -0.374 e. The van der Waals surface area contributed by atoms with E-state index in [-0.39, 0.29) is 0 Å². The number of rotatable bonds is 2. The Morgan fingerprint density at radius 1 is 1.20 bits per heavy atom. The van der Waals surface area contributed by atoms with Gasteiger partial charge in [-0.15, -0.1) is 0 Å². The maximum Gasteiger partial charge on any atom is 0.250 e. The molecule has 0 bridgehead atoms. The Bertz CT molecular complexity index is 551. The highest BCUT2D eigenvalue weighted by Gasteiger charge is 2.23. The molecule has 0 aliphatic carbocycles. The van der Waals surface area contributed by atoms with E-state index in [4.69, 9.17) is 0 Å². The van der Waals surface area contributed by atoms with Crippen LogP contribution in [-0.2, 0) is 0 Å². The van der Waals surface area contributed by atoms with Crippen molar-refractivity contribution in [2.24, 2.45) is 0 Å². The van der Waals surface area contributed by atoms with Crippen molar-refractivity contribution in [3.63, 3.8) is 0 Å². The Labute approximate surface area is 86.5 Å². The third-order valence-corrected chi connectivity index (χ3v) is 2.28. The first kappa shape index (κ1) is 9.58. The predicted molar refractivity (Wildman–Crippen MR) is 58.9 cm³/mol. The molecule has 4 heteroatoms. The molecule has 0 spiro atoms. The SMILES string of the molecule is CN(C)c1c(-c2cccnc2)c(=O)c1=O. The van der Waals surface area contributed by atoms with E-state index in [1.165, 1.54) is 0 Å². The molecular weight excluding hydrogens is 192 g/mol. The Kier molecular flexibility index (Phi) is 2.11. The average Bonchev–Trinajstić information content (AvgIpc) is 2.25. The lowest BCUT2D eigenvalue weighted by molar-refractivity contribution is 1.09. The second kappa shape index (κ2) is 3.31. The van der Waals surface area contributed by atoms with Gasteiger partial charge in [0.25, 0.3) is 0 Å². The summed E-state index contributed by atoms with van der Waals surface area (Å²) in [6.45, 7) is 0. The third kappa shape index (κ3) is 1.34. The molecule has 0 N–H and O–H groups in total. The van der Waals surface area contributed by atoms with Crippen LogP contribution in [0.1, 0.15) is 0 Å². The first-order valence-corrected chi connectivity index (χ1v) is 4.54. The van der Waals surface area contributed by atoms with Gasteiger partial charge in [-0.2, -0.15) is 0 Å². The molecule has 0 saturated carbocycles. The van der Waals surface area contributed by atoms with Crippen LogP contribution in [0, 0.1) is 0 Å². The first-order valence-electron chi connectivity index (χ1n) is 4.54. The molecule has 15 heavy (non-hydrogen) atoms. The van der Waals surface area contributed by atoms with E-state index < -0.39 is 10.9 Å². The van der Waals surface area contributed by atoms with Gasteiger partial charge in [-0.25, -0.2) is 0 Å². The number of hydrogen-bond acceptors (Lipinski definition) is 4. The fraction of sp³-hybridized carbons (Fsp3) is 0.182. The van der Waals surface area contributed by atoms with Crippen molar-refractivity contribution in [2.45, 2.75) is 0 Å². The van der Waals surface area contributed by atoms with Crippen LogP contribution in [0.5, 0.6) is 0 Å². The molecule has 0 fully saturated rings. The van der Waals surface area contributed by atoms with Crippen LogP contribution < -0.4 is 15.8 Å². The van der Waals surface area contributed by atoms with E-state index in [9.17, 15) is 9.59 Å². The highest BCUT2D eigenvalue weighted by atomic mass is 16.2. The van der Waals surface area contributed by atoms with Gasteiger partial charge in [-0.05, 0) is 6.07 Å². The molecule has 1 heterocycles. The van der Waals surface area contributed by atoms with E-state index >= 15 is 0 Å². The van der Waals surface area contributed by atoms with Gasteiger partial charge in [0.1, 0.15) is 5.69 Å². The van der Waals surface area contributed by atoms with E-state index in [0.717, 1.165) is 0 Å². The Balaban J connectivity index is 2.61. The van der Waals surface area contributed by atoms with Crippen LogP contribution in [0.15, 0.2) is 34.1 Å². The van der Waals surface area contributed by atoms with E-state index in [2.05, 4.69) is 4.98 Å². The second-order valence-electron chi connectivity index (χ2n) is 3.52. The van der Waals surface area contributed by atoms with E-state index in [0.29, 0.717) is 16.8 Å². The van der Waals surface area contributed by atoms with Crippen LogP contribution in [0.3, 0.4) is 0 Å². The molecule has 76 valence electrons. The zero-order valence-electron chi connectivity index (χ0n) is 8.52. The summed E-state index contributed by atoms with van der Waals surface area (Å²) in [5.74, 6) is 0. The molecule has 1 aromatic carbocycles. The molecule has 0 radical (unpaired) electrons. The monoisotopic (exact) mass is 202 g/mol. The molecule has 0 aliphatic rings. The summed E-state index contributed by atoms with van der Waals surface area (Å²) in [5.41, 5.74) is 0.794. The molecule has 1 aromatic heterocycles. The van der Waals surface area contributed by atoms with Crippen LogP contribution in [0.25, 0.3) is 11.1 Å². The van der Waals surface area contributed by atoms with Gasteiger partial charge in [0.05, 0.1) is 5.56 Å². The third-order valence-electron chi connectivity index (χ3n) is 2.28. The van der Waals surface area contributed by atoms with Gasteiger partial charge in [0.15, 0.2) is 0 Å². The largest absolute Gasteiger partial charge is 0.374 e. The van der Waals surface area contributed by atoms with Gasteiger partial charge in [-0.3, -0.25) is 14.6 Å². The summed E-state index contributed by atoms with van der Waals surface area (Å²) in [6, 6.07) is 3.52. The maximum atomic E-state index is 11.4. The molecule has 4 nitrogen and oxygen atoms in total. The molecule has 0 unspecified atom stereocenters. The summed E-state index contributed by atoms with van der Waals surface area (Å²) in [6.07, 6.45) is 3.22. The van der Waals surface area contributed by atoms with Crippen molar-refractivity contribution in [1.29, 1.82) is 0 Å². The zero-order valence-corrected chi connectivity index (χ0v) is 8.52. The fourth-order valence-corrected chi connectivity index (χ4v) is 1.58. The van der Waals surface area contributed by atoms with Crippen LogP contribution >= 0.6 is 0 Å². The van der Waals surface area contributed by atoms with Crippen molar-refractivity contribution < 1.29 is 0 Å². The highest BCUT2D eigenvalue weighted by Crippen LogP contribution is 2.23. The van der Waals surface area contributed by atoms with Crippen molar-refractivity contribution in [1.82, 2.24) is 4.98 Å². The summed E-state index contributed by atoms with van der Waals surface area (Å²) in [5, 5.41) is 0. The van der Waals surface area contributed by atoms with E-state index in [1.807, 2.05) is 0 Å².